The Morgan fingerprint density at radius 1 is 0.969 bits per heavy atom. The molecule has 1 amide bonds. The van der Waals surface area contributed by atoms with Gasteiger partial charge in [-0.25, -0.2) is 13.5 Å². The largest absolute Gasteiger partial charge is 0.374 e. The minimum Gasteiger partial charge on any atom is -0.374 e. The summed E-state index contributed by atoms with van der Waals surface area (Å²) in [5.41, 5.74) is 1.18. The molecule has 1 aromatic heterocycles. The quantitative estimate of drug-likeness (QED) is 0.582. The summed E-state index contributed by atoms with van der Waals surface area (Å²) in [5.74, 6) is -1.66. The lowest BCUT2D eigenvalue weighted by atomic mass is 10.3. The van der Waals surface area contributed by atoms with Crippen LogP contribution in [-0.2, 0) is 16.1 Å². The zero-order valence-corrected chi connectivity index (χ0v) is 20.7. The fourth-order valence-corrected chi connectivity index (χ4v) is 2.87. The van der Waals surface area contributed by atoms with Crippen LogP contribution < -0.4 is 0 Å². The van der Waals surface area contributed by atoms with Gasteiger partial charge in [-0.05, 0) is 18.2 Å². The summed E-state index contributed by atoms with van der Waals surface area (Å²) >= 11 is 0. The smallest absolute Gasteiger partial charge is 0.219 e. The van der Waals surface area contributed by atoms with Crippen LogP contribution in [0.1, 0.15) is 54.2 Å². The van der Waals surface area contributed by atoms with Crippen molar-refractivity contribution in [1.29, 1.82) is 0 Å². The van der Waals surface area contributed by atoms with Crippen molar-refractivity contribution in [2.75, 3.05) is 39.3 Å². The molecule has 2 heterocycles. The first kappa shape index (κ1) is 29.7. The number of nitrogens with zero attached hydrogens (tertiary/aromatic N) is 4. The molecular formula is C24H40F2N4O2. The fourth-order valence-electron chi connectivity index (χ4n) is 2.87. The van der Waals surface area contributed by atoms with E-state index in [1.165, 1.54) is 10.7 Å². The van der Waals surface area contributed by atoms with E-state index in [4.69, 9.17) is 4.74 Å². The summed E-state index contributed by atoms with van der Waals surface area (Å²) in [4.78, 5) is 15.4. The van der Waals surface area contributed by atoms with Crippen molar-refractivity contribution in [3.8, 4) is 5.69 Å². The lowest BCUT2D eigenvalue weighted by Gasteiger charge is -2.34. The summed E-state index contributed by atoms with van der Waals surface area (Å²) in [6.07, 6.45) is 1.69. The van der Waals surface area contributed by atoms with Crippen LogP contribution in [-0.4, -0.2) is 64.8 Å². The Morgan fingerprint density at radius 2 is 1.59 bits per heavy atom. The van der Waals surface area contributed by atoms with E-state index in [9.17, 15) is 13.6 Å². The van der Waals surface area contributed by atoms with Gasteiger partial charge in [0.05, 0.1) is 24.6 Å². The molecule has 0 atom stereocenters. The van der Waals surface area contributed by atoms with Gasteiger partial charge in [-0.15, -0.1) is 0 Å². The second kappa shape index (κ2) is 17.3. The maximum Gasteiger partial charge on any atom is 0.219 e. The summed E-state index contributed by atoms with van der Waals surface area (Å²) < 4.78 is 33.4. The highest BCUT2D eigenvalue weighted by Crippen LogP contribution is 2.13. The summed E-state index contributed by atoms with van der Waals surface area (Å²) in [5, 5.41) is 4.31. The Morgan fingerprint density at radius 3 is 2.16 bits per heavy atom. The molecule has 0 aliphatic carbocycles. The zero-order chi connectivity index (χ0) is 24.5. The molecule has 0 spiro atoms. The first-order valence-corrected chi connectivity index (χ1v) is 11.6. The molecule has 0 bridgehead atoms. The molecule has 32 heavy (non-hydrogen) atoms. The molecule has 0 unspecified atom stereocenters. The van der Waals surface area contributed by atoms with E-state index in [1.807, 2.05) is 46.4 Å². The lowest BCUT2D eigenvalue weighted by Crippen LogP contribution is -2.48. The maximum atomic E-state index is 13.3. The van der Waals surface area contributed by atoms with Gasteiger partial charge < -0.3 is 9.64 Å². The third-order valence-electron chi connectivity index (χ3n) is 4.43. The van der Waals surface area contributed by atoms with E-state index < -0.39 is 11.6 Å². The zero-order valence-electron chi connectivity index (χ0n) is 20.7. The van der Waals surface area contributed by atoms with Gasteiger partial charge in [0.1, 0.15) is 0 Å². The standard InChI is InChI=1S/C18H22F2N4O2.3C2H6/c1-14(25)23-8-6-22(7-9-23)10-11-26-13-15-4-5-24(21-15)16-2-3-17(19)18(20)12-16;3*1-2/h2-5,12H,6-11,13H2,1H3;3*1-2H3. The molecule has 1 aromatic carbocycles. The number of carbonyl (C=O) groups excluding carboxylic acids is 1. The van der Waals surface area contributed by atoms with Gasteiger partial charge in [-0.2, -0.15) is 5.10 Å². The molecule has 6 nitrogen and oxygen atoms in total. The van der Waals surface area contributed by atoms with Crippen LogP contribution in [0.15, 0.2) is 30.5 Å². The van der Waals surface area contributed by atoms with Gasteiger partial charge in [0, 0.05) is 51.9 Å². The maximum absolute atomic E-state index is 13.3. The molecule has 0 saturated carbocycles. The SMILES string of the molecule is CC.CC.CC.CC(=O)N1CCN(CCOCc2ccn(-c3ccc(F)c(F)c3)n2)CC1. The number of rotatable bonds is 6. The predicted molar refractivity (Wildman–Crippen MR) is 126 cm³/mol. The van der Waals surface area contributed by atoms with Crippen LogP contribution in [0.5, 0.6) is 0 Å². The topological polar surface area (TPSA) is 50.6 Å². The van der Waals surface area contributed by atoms with Crippen LogP contribution in [0.2, 0.25) is 0 Å². The number of amides is 1. The Hall–Kier alpha value is -2.32. The molecule has 1 aliphatic heterocycles. The van der Waals surface area contributed by atoms with Crippen molar-refractivity contribution >= 4 is 5.91 Å². The van der Waals surface area contributed by atoms with E-state index >= 15 is 0 Å². The molecular weight excluding hydrogens is 414 g/mol. The monoisotopic (exact) mass is 454 g/mol. The van der Waals surface area contributed by atoms with Crippen LogP contribution in [0.3, 0.4) is 0 Å². The minimum absolute atomic E-state index is 0.123. The molecule has 3 rings (SSSR count). The molecule has 1 saturated heterocycles. The summed E-state index contributed by atoms with van der Waals surface area (Å²) in [6.45, 7) is 18.5. The van der Waals surface area contributed by atoms with Gasteiger partial charge in [0.25, 0.3) is 0 Å². The normalized spacial score (nSPS) is 13.1. The average Bonchev–Trinajstić information content (AvgIpc) is 3.32. The minimum atomic E-state index is -0.902. The third kappa shape index (κ3) is 9.87. The Labute approximate surface area is 192 Å². The molecule has 2 aromatic rings. The van der Waals surface area contributed by atoms with E-state index in [-0.39, 0.29) is 5.91 Å². The summed E-state index contributed by atoms with van der Waals surface area (Å²) in [7, 11) is 0. The second-order valence-corrected chi connectivity index (χ2v) is 6.25. The predicted octanol–water partition coefficient (Wildman–Crippen LogP) is 4.91. The molecule has 182 valence electrons. The number of aromatic nitrogens is 2. The van der Waals surface area contributed by atoms with Crippen LogP contribution >= 0.6 is 0 Å². The number of benzene rings is 1. The molecule has 8 heteroatoms. The van der Waals surface area contributed by atoms with Crippen molar-refractivity contribution in [3.05, 3.63) is 47.8 Å². The molecule has 1 aliphatic rings. The lowest BCUT2D eigenvalue weighted by molar-refractivity contribution is -0.130. The van der Waals surface area contributed by atoms with Gasteiger partial charge >= 0.3 is 0 Å². The Balaban J connectivity index is 0.00000148. The van der Waals surface area contributed by atoms with E-state index in [1.54, 1.807) is 19.2 Å². The first-order valence-electron chi connectivity index (χ1n) is 11.6. The van der Waals surface area contributed by atoms with Crippen molar-refractivity contribution < 1.29 is 18.3 Å². The van der Waals surface area contributed by atoms with Crippen LogP contribution in [0.25, 0.3) is 5.69 Å². The van der Waals surface area contributed by atoms with Crippen molar-refractivity contribution in [1.82, 2.24) is 19.6 Å². The number of piperazine rings is 1. The number of halogens is 2. The van der Waals surface area contributed by atoms with Crippen LogP contribution in [0.4, 0.5) is 8.78 Å². The van der Waals surface area contributed by atoms with Gasteiger partial charge in [0.2, 0.25) is 5.91 Å². The van der Waals surface area contributed by atoms with Gasteiger partial charge in [-0.3, -0.25) is 9.69 Å². The highest BCUT2D eigenvalue weighted by molar-refractivity contribution is 5.73. The Bertz CT molecular complexity index is 760. The number of ether oxygens (including phenoxy) is 1. The number of carbonyl (C=O) groups is 1. The first-order chi connectivity index (χ1) is 15.5. The number of hydrogen-bond acceptors (Lipinski definition) is 4. The highest BCUT2D eigenvalue weighted by atomic mass is 19.2. The molecule has 1 fully saturated rings. The second-order valence-electron chi connectivity index (χ2n) is 6.25. The molecule has 0 N–H and O–H groups in total. The highest BCUT2D eigenvalue weighted by Gasteiger charge is 2.17. The molecule has 0 radical (unpaired) electrons. The summed E-state index contributed by atoms with van der Waals surface area (Å²) in [6, 6.07) is 5.44. The van der Waals surface area contributed by atoms with E-state index in [0.717, 1.165) is 50.6 Å². The van der Waals surface area contributed by atoms with Gasteiger partial charge in [0.15, 0.2) is 11.6 Å². The van der Waals surface area contributed by atoms with Crippen molar-refractivity contribution in [3.63, 3.8) is 0 Å². The average molecular weight is 455 g/mol. The third-order valence-corrected chi connectivity index (χ3v) is 4.43. The van der Waals surface area contributed by atoms with E-state index in [2.05, 4.69) is 10.00 Å². The van der Waals surface area contributed by atoms with Crippen molar-refractivity contribution in [2.24, 2.45) is 0 Å². The van der Waals surface area contributed by atoms with Gasteiger partial charge in [-0.1, -0.05) is 41.5 Å². The van der Waals surface area contributed by atoms with Crippen LogP contribution in [0, 0.1) is 11.6 Å². The fraction of sp³-hybridized carbons (Fsp3) is 0.583. The van der Waals surface area contributed by atoms with Crippen molar-refractivity contribution in [2.45, 2.75) is 55.1 Å². The number of hydrogen-bond donors (Lipinski definition) is 0. The van der Waals surface area contributed by atoms with E-state index in [0.29, 0.717) is 18.9 Å². The Kier molecular flexibility index (Phi) is 16.0.